The lowest BCUT2D eigenvalue weighted by Crippen LogP contribution is -2.31. The molecule has 1 unspecified atom stereocenters. The molecule has 21 heavy (non-hydrogen) atoms. The van der Waals surface area contributed by atoms with Crippen molar-refractivity contribution in [1.82, 2.24) is 0 Å². The second-order valence-electron chi connectivity index (χ2n) is 6.95. The van der Waals surface area contributed by atoms with E-state index in [-0.39, 0.29) is 6.61 Å². The second-order valence-corrected chi connectivity index (χ2v) is 6.95. The first-order chi connectivity index (χ1) is 10.0. The van der Waals surface area contributed by atoms with Gasteiger partial charge in [-0.2, -0.15) is 0 Å². The van der Waals surface area contributed by atoms with Crippen LogP contribution in [-0.4, -0.2) is 30.8 Å². The fraction of sp³-hybridized carbons (Fsp3) is 0.667. The molecule has 2 rings (SSSR count). The van der Waals surface area contributed by atoms with Crippen molar-refractivity contribution in [3.05, 3.63) is 24.3 Å². The van der Waals surface area contributed by atoms with E-state index in [2.05, 4.69) is 55.3 Å². The maximum atomic E-state index is 9.10. The predicted molar refractivity (Wildman–Crippen MR) is 91.1 cm³/mol. The zero-order chi connectivity index (χ0) is 15.3. The number of likely N-dealkylation sites (N-methyl/N-ethyl adjacent to an activating group) is 1. The summed E-state index contributed by atoms with van der Waals surface area (Å²) in [5.74, 6) is 0. The molecule has 0 aliphatic heterocycles. The smallest absolute Gasteiger partial charge is 0.0606 e. The molecule has 0 saturated heterocycles. The van der Waals surface area contributed by atoms with E-state index in [9.17, 15) is 0 Å². The number of anilines is 2. The summed E-state index contributed by atoms with van der Waals surface area (Å²) in [6.07, 6.45) is 5.19. The van der Waals surface area contributed by atoms with Crippen molar-refractivity contribution in [1.29, 1.82) is 0 Å². The molecule has 3 heteroatoms. The second kappa shape index (κ2) is 7.17. The van der Waals surface area contributed by atoms with E-state index in [1.54, 1.807) is 0 Å². The average Bonchev–Trinajstić information content (AvgIpc) is 2.45. The minimum atomic E-state index is 0.199. The van der Waals surface area contributed by atoms with Crippen molar-refractivity contribution < 1.29 is 5.11 Å². The predicted octanol–water partition coefficient (Wildman–Crippen LogP) is 3.89. The molecule has 1 aliphatic rings. The molecule has 0 amide bonds. The first-order valence-electron chi connectivity index (χ1n) is 8.26. The largest absolute Gasteiger partial charge is 0.395 e. The summed E-state index contributed by atoms with van der Waals surface area (Å²) >= 11 is 0. The van der Waals surface area contributed by atoms with Gasteiger partial charge < -0.3 is 15.3 Å². The number of nitrogens with one attached hydrogen (secondary N) is 1. The van der Waals surface area contributed by atoms with Gasteiger partial charge in [-0.1, -0.05) is 20.3 Å². The molecule has 118 valence electrons. The number of benzene rings is 1. The molecular weight excluding hydrogens is 260 g/mol. The Kier molecular flexibility index (Phi) is 5.51. The Bertz CT molecular complexity index is 427. The highest BCUT2D eigenvalue weighted by Crippen LogP contribution is 2.36. The van der Waals surface area contributed by atoms with Gasteiger partial charge in [0.25, 0.3) is 0 Å². The van der Waals surface area contributed by atoms with Crippen molar-refractivity contribution >= 4 is 11.4 Å². The van der Waals surface area contributed by atoms with Crippen LogP contribution in [0.1, 0.15) is 46.5 Å². The van der Waals surface area contributed by atoms with Crippen molar-refractivity contribution in [2.24, 2.45) is 5.41 Å². The summed E-state index contributed by atoms with van der Waals surface area (Å²) < 4.78 is 0. The SMILES string of the molecule is CCN(CCO)c1ccc(NC2CCCC(C)(C)C2)cc1. The molecule has 3 nitrogen and oxygen atoms in total. The van der Waals surface area contributed by atoms with E-state index in [1.165, 1.54) is 37.1 Å². The minimum Gasteiger partial charge on any atom is -0.395 e. The summed E-state index contributed by atoms with van der Waals surface area (Å²) in [5.41, 5.74) is 2.86. The lowest BCUT2D eigenvalue weighted by molar-refractivity contribution is 0.229. The highest BCUT2D eigenvalue weighted by molar-refractivity contribution is 5.55. The molecule has 1 aliphatic carbocycles. The van der Waals surface area contributed by atoms with Gasteiger partial charge in [0.15, 0.2) is 0 Å². The van der Waals surface area contributed by atoms with Crippen molar-refractivity contribution in [3.63, 3.8) is 0 Å². The number of hydrogen-bond donors (Lipinski definition) is 2. The van der Waals surface area contributed by atoms with E-state index in [0.717, 1.165) is 6.54 Å². The van der Waals surface area contributed by atoms with Crippen molar-refractivity contribution in [2.75, 3.05) is 29.9 Å². The first kappa shape index (κ1) is 16.2. The monoisotopic (exact) mass is 290 g/mol. The van der Waals surface area contributed by atoms with Crippen LogP contribution in [0.2, 0.25) is 0 Å². The molecule has 0 radical (unpaired) electrons. The molecule has 1 saturated carbocycles. The van der Waals surface area contributed by atoms with E-state index in [1.807, 2.05) is 0 Å². The van der Waals surface area contributed by atoms with Crippen LogP contribution in [0, 0.1) is 5.41 Å². The first-order valence-corrected chi connectivity index (χ1v) is 8.26. The van der Waals surface area contributed by atoms with Crippen LogP contribution < -0.4 is 10.2 Å². The van der Waals surface area contributed by atoms with Gasteiger partial charge in [-0.15, -0.1) is 0 Å². The Morgan fingerprint density at radius 2 is 2.00 bits per heavy atom. The average molecular weight is 290 g/mol. The highest BCUT2D eigenvalue weighted by Gasteiger charge is 2.27. The Labute approximate surface area is 129 Å². The lowest BCUT2D eigenvalue weighted by atomic mass is 9.75. The van der Waals surface area contributed by atoms with Crippen molar-refractivity contribution in [3.8, 4) is 0 Å². The zero-order valence-electron chi connectivity index (χ0n) is 13.7. The normalized spacial score (nSPS) is 21.0. The third kappa shape index (κ3) is 4.63. The van der Waals surface area contributed by atoms with Gasteiger partial charge in [0.2, 0.25) is 0 Å². The molecule has 1 atom stereocenters. The van der Waals surface area contributed by atoms with Crippen LogP contribution >= 0.6 is 0 Å². The Balaban J connectivity index is 1.96. The molecule has 0 bridgehead atoms. The van der Waals surface area contributed by atoms with E-state index >= 15 is 0 Å². The van der Waals surface area contributed by atoms with Gasteiger partial charge in [0.05, 0.1) is 6.61 Å². The third-order valence-corrected chi connectivity index (χ3v) is 4.56. The molecule has 1 aromatic rings. The molecular formula is C18H30N2O. The van der Waals surface area contributed by atoms with Crippen LogP contribution in [0.15, 0.2) is 24.3 Å². The zero-order valence-corrected chi connectivity index (χ0v) is 13.7. The minimum absolute atomic E-state index is 0.199. The Hall–Kier alpha value is -1.22. The number of aliphatic hydroxyl groups is 1. The lowest BCUT2D eigenvalue weighted by Gasteiger charge is -2.36. The molecule has 0 aromatic heterocycles. The van der Waals surface area contributed by atoms with Gasteiger partial charge >= 0.3 is 0 Å². The number of aliphatic hydroxyl groups excluding tert-OH is 1. The standard InChI is InChI=1S/C18H30N2O/c1-4-20(12-13-21)17-9-7-15(8-10-17)19-16-6-5-11-18(2,3)14-16/h7-10,16,19,21H,4-6,11-14H2,1-3H3. The number of nitrogens with zero attached hydrogens (tertiary/aromatic N) is 1. The van der Waals surface area contributed by atoms with Crippen LogP contribution in [0.5, 0.6) is 0 Å². The van der Waals surface area contributed by atoms with E-state index < -0.39 is 0 Å². The molecule has 1 fully saturated rings. The number of hydrogen-bond acceptors (Lipinski definition) is 3. The summed E-state index contributed by atoms with van der Waals surface area (Å²) in [7, 11) is 0. The molecule has 0 spiro atoms. The molecule has 2 N–H and O–H groups in total. The van der Waals surface area contributed by atoms with Gasteiger partial charge in [-0.3, -0.25) is 0 Å². The fourth-order valence-electron chi connectivity index (χ4n) is 3.42. The van der Waals surface area contributed by atoms with E-state index in [4.69, 9.17) is 5.11 Å². The van der Waals surface area contributed by atoms with Crippen LogP contribution in [0.3, 0.4) is 0 Å². The van der Waals surface area contributed by atoms with Crippen LogP contribution in [0.4, 0.5) is 11.4 Å². The van der Waals surface area contributed by atoms with Gasteiger partial charge in [0, 0.05) is 30.5 Å². The Morgan fingerprint density at radius 1 is 1.29 bits per heavy atom. The van der Waals surface area contributed by atoms with Crippen LogP contribution in [-0.2, 0) is 0 Å². The summed E-state index contributed by atoms with van der Waals surface area (Å²) in [5, 5.41) is 12.8. The maximum absolute atomic E-state index is 9.10. The summed E-state index contributed by atoms with van der Waals surface area (Å²) in [6, 6.07) is 9.22. The number of rotatable bonds is 6. The van der Waals surface area contributed by atoms with Gasteiger partial charge in [0.1, 0.15) is 0 Å². The quantitative estimate of drug-likeness (QED) is 0.834. The molecule has 1 aromatic carbocycles. The topological polar surface area (TPSA) is 35.5 Å². The maximum Gasteiger partial charge on any atom is 0.0606 e. The van der Waals surface area contributed by atoms with Gasteiger partial charge in [-0.05, 0) is 55.9 Å². The fourth-order valence-corrected chi connectivity index (χ4v) is 3.42. The van der Waals surface area contributed by atoms with Gasteiger partial charge in [-0.25, -0.2) is 0 Å². The van der Waals surface area contributed by atoms with E-state index in [0.29, 0.717) is 18.0 Å². The van der Waals surface area contributed by atoms with Crippen LogP contribution in [0.25, 0.3) is 0 Å². The third-order valence-electron chi connectivity index (χ3n) is 4.56. The Morgan fingerprint density at radius 3 is 2.57 bits per heavy atom. The van der Waals surface area contributed by atoms with Crippen molar-refractivity contribution in [2.45, 2.75) is 52.5 Å². The summed E-state index contributed by atoms with van der Waals surface area (Å²) in [6.45, 7) is 8.68. The highest BCUT2D eigenvalue weighted by atomic mass is 16.3. The molecule has 0 heterocycles. The summed E-state index contributed by atoms with van der Waals surface area (Å²) in [4.78, 5) is 2.19.